The van der Waals surface area contributed by atoms with Crippen LogP contribution in [0.3, 0.4) is 0 Å². The van der Waals surface area contributed by atoms with Crippen LogP contribution in [0.25, 0.3) is 0 Å². The maximum absolute atomic E-state index is 13.5. The summed E-state index contributed by atoms with van der Waals surface area (Å²) >= 11 is 1.46. The van der Waals surface area contributed by atoms with Crippen molar-refractivity contribution in [3.05, 3.63) is 35.5 Å². The minimum absolute atomic E-state index is 0.122. The monoisotopic (exact) mass is 496 g/mol. The Kier molecular flexibility index (Phi) is 7.34. The van der Waals surface area contributed by atoms with E-state index in [1.165, 1.54) is 44.1 Å². The van der Waals surface area contributed by atoms with Crippen LogP contribution in [0.15, 0.2) is 24.3 Å². The van der Waals surface area contributed by atoms with Gasteiger partial charge in [0, 0.05) is 49.4 Å². The first-order valence-electron chi connectivity index (χ1n) is 12.8. The van der Waals surface area contributed by atoms with E-state index in [1.807, 2.05) is 25.1 Å². The molecular formula is C26H36N6O2S. The first kappa shape index (κ1) is 24.2. The highest BCUT2D eigenvalue weighted by atomic mass is 32.2. The van der Waals surface area contributed by atoms with Crippen LogP contribution in [0.1, 0.15) is 61.0 Å². The van der Waals surface area contributed by atoms with Crippen molar-refractivity contribution in [3.63, 3.8) is 0 Å². The molecule has 8 nitrogen and oxygen atoms in total. The number of rotatable bonds is 8. The van der Waals surface area contributed by atoms with Crippen molar-refractivity contribution in [1.29, 1.82) is 0 Å². The van der Waals surface area contributed by atoms with E-state index in [0.29, 0.717) is 28.5 Å². The van der Waals surface area contributed by atoms with Crippen molar-refractivity contribution >= 4 is 41.0 Å². The van der Waals surface area contributed by atoms with E-state index >= 15 is 0 Å². The van der Waals surface area contributed by atoms with E-state index in [4.69, 9.17) is 5.11 Å². The Bertz CT molecular complexity index is 1040. The summed E-state index contributed by atoms with van der Waals surface area (Å²) in [6.45, 7) is 5.93. The van der Waals surface area contributed by atoms with Crippen molar-refractivity contribution < 1.29 is 9.90 Å². The van der Waals surface area contributed by atoms with Gasteiger partial charge in [0.2, 0.25) is 5.95 Å². The van der Waals surface area contributed by atoms with Crippen molar-refractivity contribution in [2.45, 2.75) is 51.9 Å². The number of nitrogens with one attached hydrogen (secondary N) is 2. The average Bonchev–Trinajstić information content (AvgIpc) is 3.63. The van der Waals surface area contributed by atoms with Gasteiger partial charge in [-0.3, -0.25) is 4.79 Å². The van der Waals surface area contributed by atoms with Crippen LogP contribution in [-0.4, -0.2) is 59.5 Å². The fourth-order valence-electron chi connectivity index (χ4n) is 5.16. The second kappa shape index (κ2) is 10.6. The molecule has 35 heavy (non-hydrogen) atoms. The van der Waals surface area contributed by atoms with Gasteiger partial charge in [-0.25, -0.2) is 4.98 Å². The molecule has 5 rings (SSSR count). The zero-order valence-corrected chi connectivity index (χ0v) is 21.4. The number of piperidine rings is 2. The lowest BCUT2D eigenvalue weighted by molar-refractivity contribution is 0.102. The molecule has 3 N–H and O–H groups in total. The summed E-state index contributed by atoms with van der Waals surface area (Å²) in [4.78, 5) is 27.4. The van der Waals surface area contributed by atoms with Crippen LogP contribution in [0, 0.1) is 12.3 Å². The van der Waals surface area contributed by atoms with Gasteiger partial charge >= 0.3 is 0 Å². The SMILES string of the molecule is Cc1cc(NC(=O)c2ccc(NSCCO)cc2N2CCC3(CC2)CC3)nc(N2CCCCC2)n1. The molecule has 1 aromatic heterocycles. The standard InChI is InChI=1S/C26H36N6O2S/c1-19-17-23(29-25(27-19)32-11-3-2-4-12-32)28-24(34)21-6-5-20(30-35-16-15-33)18-22(21)31-13-9-26(7-8-26)10-14-31/h5-6,17-18,30,33H,2-4,7-16H2,1H3,(H,27,28,29,34). The molecule has 3 fully saturated rings. The molecule has 0 unspecified atom stereocenters. The third kappa shape index (κ3) is 5.83. The number of hydrogen-bond acceptors (Lipinski definition) is 8. The summed E-state index contributed by atoms with van der Waals surface area (Å²) in [5, 5.41) is 12.2. The summed E-state index contributed by atoms with van der Waals surface area (Å²) in [7, 11) is 0. The van der Waals surface area contributed by atoms with E-state index in [0.717, 1.165) is 56.1 Å². The summed E-state index contributed by atoms with van der Waals surface area (Å²) in [6, 6.07) is 7.73. The second-order valence-corrected chi connectivity index (χ2v) is 11.0. The average molecular weight is 497 g/mol. The van der Waals surface area contributed by atoms with Crippen LogP contribution in [-0.2, 0) is 0 Å². The Hall–Kier alpha value is -2.52. The molecule has 1 aromatic carbocycles. The van der Waals surface area contributed by atoms with Gasteiger partial charge in [0.15, 0.2) is 0 Å². The molecule has 1 amide bonds. The fourth-order valence-corrected chi connectivity index (χ4v) is 5.65. The molecular weight excluding hydrogens is 460 g/mol. The van der Waals surface area contributed by atoms with Crippen LogP contribution in [0.5, 0.6) is 0 Å². The number of aliphatic hydroxyl groups excluding tert-OH is 1. The minimum Gasteiger partial charge on any atom is -0.395 e. The lowest BCUT2D eigenvalue weighted by Crippen LogP contribution is -2.35. The number of benzene rings is 1. The highest BCUT2D eigenvalue weighted by Gasteiger charge is 2.44. The van der Waals surface area contributed by atoms with Gasteiger partial charge < -0.3 is 24.9 Å². The van der Waals surface area contributed by atoms with Gasteiger partial charge in [0.05, 0.1) is 17.9 Å². The van der Waals surface area contributed by atoms with E-state index in [-0.39, 0.29) is 12.5 Å². The van der Waals surface area contributed by atoms with Crippen LogP contribution in [0.4, 0.5) is 23.1 Å². The Labute approximate surface area is 212 Å². The predicted molar refractivity (Wildman–Crippen MR) is 144 cm³/mol. The number of nitrogens with zero attached hydrogens (tertiary/aromatic N) is 4. The Morgan fingerprint density at radius 3 is 2.51 bits per heavy atom. The van der Waals surface area contributed by atoms with Gasteiger partial charge in [-0.05, 0) is 75.5 Å². The minimum atomic E-state index is -0.149. The third-order valence-electron chi connectivity index (χ3n) is 7.47. The van der Waals surface area contributed by atoms with E-state index in [9.17, 15) is 4.79 Å². The number of hydrogen-bond donors (Lipinski definition) is 3. The topological polar surface area (TPSA) is 93.6 Å². The Balaban J connectivity index is 1.36. The predicted octanol–water partition coefficient (Wildman–Crippen LogP) is 4.46. The molecule has 1 saturated carbocycles. The largest absolute Gasteiger partial charge is 0.395 e. The maximum atomic E-state index is 13.5. The summed E-state index contributed by atoms with van der Waals surface area (Å²) < 4.78 is 3.29. The van der Waals surface area contributed by atoms with Crippen molar-refractivity contribution in [2.75, 3.05) is 58.4 Å². The van der Waals surface area contributed by atoms with Crippen molar-refractivity contribution in [3.8, 4) is 0 Å². The third-order valence-corrected chi connectivity index (χ3v) is 8.24. The second-order valence-electron chi connectivity index (χ2n) is 10.1. The number of carbonyl (C=O) groups is 1. The Morgan fingerprint density at radius 2 is 1.80 bits per heavy atom. The van der Waals surface area contributed by atoms with Gasteiger partial charge in [-0.2, -0.15) is 4.98 Å². The van der Waals surface area contributed by atoms with E-state index in [1.54, 1.807) is 0 Å². The van der Waals surface area contributed by atoms with Gasteiger partial charge in [0.25, 0.3) is 5.91 Å². The van der Waals surface area contributed by atoms with Gasteiger partial charge in [-0.15, -0.1) is 0 Å². The molecule has 1 spiro atoms. The molecule has 0 atom stereocenters. The zero-order valence-electron chi connectivity index (χ0n) is 20.6. The number of anilines is 4. The van der Waals surface area contributed by atoms with Crippen LogP contribution >= 0.6 is 11.9 Å². The number of aryl methyl sites for hydroxylation is 1. The molecule has 2 aromatic rings. The first-order valence-corrected chi connectivity index (χ1v) is 13.8. The molecule has 3 heterocycles. The highest BCUT2D eigenvalue weighted by molar-refractivity contribution is 8.00. The fraction of sp³-hybridized carbons (Fsp3) is 0.577. The maximum Gasteiger partial charge on any atom is 0.258 e. The highest BCUT2D eigenvalue weighted by Crippen LogP contribution is 2.54. The molecule has 1 aliphatic carbocycles. The summed E-state index contributed by atoms with van der Waals surface area (Å²) in [5.74, 6) is 1.71. The quantitative estimate of drug-likeness (QED) is 0.364. The number of aromatic nitrogens is 2. The normalized spacial score (nSPS) is 19.0. The smallest absolute Gasteiger partial charge is 0.258 e. The first-order chi connectivity index (χ1) is 17.0. The molecule has 2 aliphatic heterocycles. The van der Waals surface area contributed by atoms with Gasteiger partial charge in [-0.1, -0.05) is 11.9 Å². The molecule has 0 bridgehead atoms. The van der Waals surface area contributed by atoms with E-state index < -0.39 is 0 Å². The van der Waals surface area contributed by atoms with Crippen LogP contribution in [0.2, 0.25) is 0 Å². The van der Waals surface area contributed by atoms with E-state index in [2.05, 4.69) is 35.9 Å². The molecule has 2 saturated heterocycles. The number of amides is 1. The van der Waals surface area contributed by atoms with Crippen molar-refractivity contribution in [2.24, 2.45) is 5.41 Å². The summed E-state index contributed by atoms with van der Waals surface area (Å²) in [5.41, 5.74) is 3.96. The lowest BCUT2D eigenvalue weighted by Gasteiger charge is -2.35. The number of carbonyl (C=O) groups excluding carboxylic acids is 1. The van der Waals surface area contributed by atoms with Crippen molar-refractivity contribution in [1.82, 2.24) is 9.97 Å². The zero-order chi connectivity index (χ0) is 24.3. The molecule has 188 valence electrons. The van der Waals surface area contributed by atoms with Gasteiger partial charge in [0.1, 0.15) is 5.82 Å². The molecule has 9 heteroatoms. The molecule has 3 aliphatic rings. The van der Waals surface area contributed by atoms with Crippen LogP contribution < -0.4 is 19.8 Å². The Morgan fingerprint density at radius 1 is 1.03 bits per heavy atom. The molecule has 0 radical (unpaired) electrons. The number of aliphatic hydroxyl groups is 1. The summed E-state index contributed by atoms with van der Waals surface area (Å²) in [6.07, 6.45) is 8.62. The lowest BCUT2D eigenvalue weighted by atomic mass is 9.93.